The number of hydrogen-bond acceptors (Lipinski definition) is 6. The number of benzene rings is 5. The van der Waals surface area contributed by atoms with Crippen molar-refractivity contribution >= 4 is 66.6 Å². The summed E-state index contributed by atoms with van der Waals surface area (Å²) in [5.74, 6) is 2.52. The number of aromatic nitrogens is 4. The second-order valence-corrected chi connectivity index (χ2v) is 14.6. The van der Waals surface area contributed by atoms with E-state index in [-0.39, 0.29) is 12.2 Å². The Morgan fingerprint density at radius 1 is 0.552 bits per heavy atom. The second kappa shape index (κ2) is 14.1. The lowest BCUT2D eigenvalue weighted by atomic mass is 10.1. The highest BCUT2D eigenvalue weighted by molar-refractivity contribution is 6.16. The van der Waals surface area contributed by atoms with Crippen molar-refractivity contribution in [1.29, 1.82) is 0 Å². The molecule has 2 aliphatic heterocycles. The lowest BCUT2D eigenvalue weighted by Crippen LogP contribution is -2.39. The van der Waals surface area contributed by atoms with Crippen LogP contribution < -0.4 is 16.0 Å². The Hall–Kier alpha value is -7.71. The number of pyridine rings is 2. The number of fused-ring (bicyclic) bond motifs is 6. The molecule has 0 aliphatic carbocycles. The number of rotatable bonds is 7. The summed E-state index contributed by atoms with van der Waals surface area (Å²) < 4.78 is 4.51. The quantitative estimate of drug-likeness (QED) is 0.151. The molecule has 6 heterocycles. The predicted molar refractivity (Wildman–Crippen MR) is 239 cm³/mol. The zero-order valence-corrected chi connectivity index (χ0v) is 31.5. The molecule has 0 radical (unpaired) electrons. The summed E-state index contributed by atoms with van der Waals surface area (Å²) in [6.07, 6.45) is 11.4. The van der Waals surface area contributed by atoms with Crippen molar-refractivity contribution in [3.63, 3.8) is 0 Å². The third-order valence-electron chi connectivity index (χ3n) is 11.0. The molecule has 0 saturated heterocycles. The number of aliphatic imine (C=N–C) groups is 1. The zero-order valence-electron chi connectivity index (χ0n) is 31.5. The lowest BCUT2D eigenvalue weighted by Gasteiger charge is -2.29. The fourth-order valence-corrected chi connectivity index (χ4v) is 8.42. The van der Waals surface area contributed by atoms with Crippen molar-refractivity contribution in [2.24, 2.45) is 4.99 Å². The fraction of sp³-hybridized carbons (Fsp3) is 0.0600. The molecule has 1 unspecified atom stereocenters. The van der Waals surface area contributed by atoms with Gasteiger partial charge in [-0.25, -0.2) is 9.97 Å². The van der Waals surface area contributed by atoms with E-state index < -0.39 is 0 Å². The highest BCUT2D eigenvalue weighted by Crippen LogP contribution is 2.34. The van der Waals surface area contributed by atoms with Gasteiger partial charge in [-0.1, -0.05) is 109 Å². The molecule has 0 fully saturated rings. The molecular weight excluding hydrogens is 713 g/mol. The van der Waals surface area contributed by atoms with Crippen LogP contribution in [-0.4, -0.2) is 37.1 Å². The maximum absolute atomic E-state index is 5.32. The monoisotopic (exact) mass is 750 g/mol. The minimum atomic E-state index is -0.146. The number of para-hydroxylation sites is 6. The van der Waals surface area contributed by atoms with Crippen LogP contribution in [0.15, 0.2) is 199 Å². The highest BCUT2D eigenvalue weighted by Gasteiger charge is 2.23. The van der Waals surface area contributed by atoms with Gasteiger partial charge in [-0.05, 0) is 85.3 Å². The highest BCUT2D eigenvalue weighted by atomic mass is 15.2. The van der Waals surface area contributed by atoms with Crippen LogP contribution in [-0.2, 0) is 0 Å². The third-order valence-corrected chi connectivity index (χ3v) is 11.0. The molecule has 0 bridgehead atoms. The van der Waals surface area contributed by atoms with Crippen LogP contribution in [0.5, 0.6) is 0 Å². The zero-order chi connectivity index (χ0) is 38.4. The maximum atomic E-state index is 5.32. The van der Waals surface area contributed by atoms with Gasteiger partial charge in [0.25, 0.3) is 0 Å². The van der Waals surface area contributed by atoms with Gasteiger partial charge in [-0.2, -0.15) is 0 Å². The molecule has 8 nitrogen and oxygen atoms in total. The normalized spacial score (nSPS) is 16.4. The van der Waals surface area contributed by atoms with Gasteiger partial charge in [0.15, 0.2) is 0 Å². The summed E-state index contributed by atoms with van der Waals surface area (Å²) in [7, 11) is 0. The van der Waals surface area contributed by atoms with Crippen molar-refractivity contribution in [2.75, 3.05) is 10.6 Å². The molecule has 8 heteroatoms. The van der Waals surface area contributed by atoms with E-state index in [4.69, 9.17) is 15.0 Å². The molecule has 278 valence electrons. The van der Waals surface area contributed by atoms with E-state index in [1.165, 1.54) is 21.5 Å². The molecule has 58 heavy (non-hydrogen) atoms. The van der Waals surface area contributed by atoms with Crippen molar-refractivity contribution in [3.05, 3.63) is 194 Å². The third kappa shape index (κ3) is 5.90. The van der Waals surface area contributed by atoms with E-state index >= 15 is 0 Å². The first-order valence-electron chi connectivity index (χ1n) is 19.7. The number of dihydropyridines is 2. The van der Waals surface area contributed by atoms with Gasteiger partial charge in [-0.3, -0.25) is 14.1 Å². The van der Waals surface area contributed by atoms with E-state index in [2.05, 4.69) is 177 Å². The van der Waals surface area contributed by atoms with Crippen LogP contribution >= 0.6 is 0 Å². The van der Waals surface area contributed by atoms with E-state index in [0.717, 1.165) is 74.4 Å². The molecule has 2 atom stereocenters. The van der Waals surface area contributed by atoms with Crippen LogP contribution in [0.4, 0.5) is 17.2 Å². The Labute approximate surface area is 335 Å². The molecular formula is C50H38N8. The smallest absolute Gasteiger partial charge is 0.138 e. The van der Waals surface area contributed by atoms with Crippen LogP contribution in [0.3, 0.4) is 0 Å². The van der Waals surface area contributed by atoms with Crippen molar-refractivity contribution in [3.8, 4) is 17.2 Å². The summed E-state index contributed by atoms with van der Waals surface area (Å²) in [5.41, 5.74) is 9.07. The molecule has 11 rings (SSSR count). The second-order valence-electron chi connectivity index (χ2n) is 14.6. The van der Waals surface area contributed by atoms with Crippen LogP contribution in [0.1, 0.15) is 6.42 Å². The van der Waals surface area contributed by atoms with Crippen LogP contribution in [0.25, 0.3) is 60.8 Å². The van der Waals surface area contributed by atoms with Gasteiger partial charge in [0.1, 0.15) is 23.6 Å². The van der Waals surface area contributed by atoms with Crippen molar-refractivity contribution in [2.45, 2.75) is 18.6 Å². The summed E-state index contributed by atoms with van der Waals surface area (Å²) >= 11 is 0. The standard InChI is InChI=1S/C50H38N8/c1-7-25-43-33(15-1)34-16-2-8-26-44(34)57(43)49-31-13-23-41(55-49)39-21-11-29-47(53-39)51-37-19-5-6-20-38(37)52-48-30-12-22-40(54-48)42-24-14-32-50(56-42)58-45-27-9-3-17-35(45)36-18-4-10-28-46(36)58/h1-23,25-32,42,48,52,54H,24H2,(H,51,53)/t42?,48-/m1/s1. The van der Waals surface area contributed by atoms with Gasteiger partial charge in [0.2, 0.25) is 0 Å². The topological polar surface area (TPSA) is 84.1 Å². The van der Waals surface area contributed by atoms with Crippen molar-refractivity contribution < 1.29 is 0 Å². The van der Waals surface area contributed by atoms with Gasteiger partial charge >= 0.3 is 0 Å². The van der Waals surface area contributed by atoms with Gasteiger partial charge in [0.05, 0.1) is 50.9 Å². The first-order valence-corrected chi connectivity index (χ1v) is 19.7. The number of nitrogens with zero attached hydrogens (tertiary/aromatic N) is 5. The largest absolute Gasteiger partial charge is 0.364 e. The first kappa shape index (κ1) is 33.6. The van der Waals surface area contributed by atoms with Gasteiger partial charge < -0.3 is 16.0 Å². The van der Waals surface area contributed by atoms with Gasteiger partial charge in [-0.15, -0.1) is 0 Å². The SMILES string of the molecule is C1=C[C@H](Nc2ccccc2Nc2cccc(-c3cccc(-n4c5ccccc5c5ccccc54)n3)n2)NC(C2CC=CC(n3c4ccccc4c4ccccc43)=N2)=C1. The molecule has 5 aromatic carbocycles. The number of nitrogens with one attached hydrogen (secondary N) is 3. The molecule has 0 spiro atoms. The molecule has 9 aromatic rings. The average Bonchev–Trinajstić information content (AvgIpc) is 3.81. The minimum absolute atomic E-state index is 0.0449. The Kier molecular flexibility index (Phi) is 8.17. The molecule has 0 amide bonds. The predicted octanol–water partition coefficient (Wildman–Crippen LogP) is 11.1. The van der Waals surface area contributed by atoms with E-state index in [9.17, 15) is 0 Å². The Balaban J connectivity index is 0.833. The Bertz CT molecular complexity index is 3060. The lowest BCUT2D eigenvalue weighted by molar-refractivity contribution is 0.634. The van der Waals surface area contributed by atoms with Gasteiger partial charge in [0, 0.05) is 27.2 Å². The summed E-state index contributed by atoms with van der Waals surface area (Å²) in [4.78, 5) is 15.5. The molecule has 4 aromatic heterocycles. The number of allylic oxidation sites excluding steroid dienone is 3. The fourth-order valence-electron chi connectivity index (χ4n) is 8.42. The average molecular weight is 751 g/mol. The number of anilines is 3. The number of hydrogen-bond donors (Lipinski definition) is 3. The molecule has 0 saturated carbocycles. The molecule has 3 N–H and O–H groups in total. The summed E-state index contributed by atoms with van der Waals surface area (Å²) in [6.45, 7) is 0. The maximum Gasteiger partial charge on any atom is 0.138 e. The van der Waals surface area contributed by atoms with E-state index in [1.54, 1.807) is 0 Å². The molecule has 2 aliphatic rings. The van der Waals surface area contributed by atoms with Crippen molar-refractivity contribution in [1.82, 2.24) is 24.4 Å². The Morgan fingerprint density at radius 2 is 1.12 bits per heavy atom. The van der Waals surface area contributed by atoms with Crippen LogP contribution in [0.2, 0.25) is 0 Å². The van der Waals surface area contributed by atoms with Crippen LogP contribution in [0, 0.1) is 0 Å². The Morgan fingerprint density at radius 3 is 1.79 bits per heavy atom. The van der Waals surface area contributed by atoms with E-state index in [0.29, 0.717) is 0 Å². The van der Waals surface area contributed by atoms with E-state index in [1.807, 2.05) is 36.4 Å². The first-order chi connectivity index (χ1) is 28.7. The minimum Gasteiger partial charge on any atom is -0.364 e. The summed E-state index contributed by atoms with van der Waals surface area (Å²) in [5, 5.41) is 15.9. The summed E-state index contributed by atoms with van der Waals surface area (Å²) in [6, 6.07) is 54.4.